The molecule has 7 heteroatoms. The highest BCUT2D eigenvalue weighted by molar-refractivity contribution is 9.18. The summed E-state index contributed by atoms with van der Waals surface area (Å²) in [6.45, 7) is 12.3. The number of hydrogen-bond acceptors (Lipinski definition) is 6. The van der Waals surface area contributed by atoms with Crippen LogP contribution in [0.2, 0.25) is 0 Å². The molecule has 6 nitrogen and oxygen atoms in total. The molecule has 1 atom stereocenters. The number of ether oxygens (including phenoxy) is 1. The molecular weight excluding hydrogens is 446 g/mol. The maximum absolute atomic E-state index is 13.2. The first-order chi connectivity index (χ1) is 14.4. The summed E-state index contributed by atoms with van der Waals surface area (Å²) in [6, 6.07) is 3.83. The largest absolute Gasteiger partial charge is 0.440 e. The van der Waals surface area contributed by atoms with Crippen molar-refractivity contribution >= 4 is 37.4 Å². The van der Waals surface area contributed by atoms with Crippen molar-refractivity contribution in [2.45, 2.75) is 26.8 Å². The number of nitrogens with zero attached hydrogens (tertiary/aromatic N) is 2. The van der Waals surface area contributed by atoms with Crippen LogP contribution in [0, 0.1) is 13.8 Å². The van der Waals surface area contributed by atoms with Crippen molar-refractivity contribution in [2.75, 3.05) is 38.3 Å². The Morgan fingerprint density at radius 2 is 2.03 bits per heavy atom. The molecule has 1 N–H and O–H groups in total. The molecule has 2 heterocycles. The normalized spacial score (nSPS) is 16.6. The summed E-state index contributed by atoms with van der Waals surface area (Å²) < 4.78 is 12.5. The standard InChI is InChI=1S/C23H28BrN3O3/c1-6-7-19(22(24)25-5)26-16(4)17-12-14(2)13-18-20(28)15(3)23(30-21(17)18)27-8-10-29-11-9-27/h6-7,12-13,16,26H,1,8-11H2,2-5H3/b19-7+,25-22?. The number of rotatable bonds is 6. The molecule has 3 rings (SSSR count). The van der Waals surface area contributed by atoms with E-state index in [4.69, 9.17) is 9.15 Å². The van der Waals surface area contributed by atoms with E-state index in [0.717, 1.165) is 16.8 Å². The Morgan fingerprint density at radius 1 is 1.33 bits per heavy atom. The van der Waals surface area contributed by atoms with E-state index in [1.54, 1.807) is 13.1 Å². The SMILES string of the molecule is C=C/C=C(/NC(C)c1cc(C)cc2c(=O)c(C)c(N3CCOCC3)oc12)C(Br)=NC. The monoisotopic (exact) mass is 473 g/mol. The van der Waals surface area contributed by atoms with Crippen LogP contribution in [0.3, 0.4) is 0 Å². The number of aryl methyl sites for hydroxylation is 1. The molecule has 0 radical (unpaired) electrons. The van der Waals surface area contributed by atoms with Gasteiger partial charge in [-0.1, -0.05) is 18.7 Å². The predicted molar refractivity (Wildman–Crippen MR) is 127 cm³/mol. The minimum Gasteiger partial charge on any atom is -0.440 e. The Balaban J connectivity index is 2.14. The number of anilines is 1. The zero-order valence-corrected chi connectivity index (χ0v) is 19.5. The molecule has 30 heavy (non-hydrogen) atoms. The van der Waals surface area contributed by atoms with Gasteiger partial charge in [0.05, 0.1) is 35.9 Å². The first-order valence-electron chi connectivity index (χ1n) is 10.00. The van der Waals surface area contributed by atoms with Gasteiger partial charge in [-0.05, 0) is 54.4 Å². The molecule has 0 aliphatic carbocycles. The minimum absolute atomic E-state index is 0.00745. The van der Waals surface area contributed by atoms with Crippen molar-refractivity contribution in [3.05, 3.63) is 63.5 Å². The number of hydrogen-bond donors (Lipinski definition) is 1. The number of morpholine rings is 1. The van der Waals surface area contributed by atoms with Crippen LogP contribution in [-0.2, 0) is 4.74 Å². The topological polar surface area (TPSA) is 67.1 Å². The van der Waals surface area contributed by atoms with E-state index in [2.05, 4.69) is 43.8 Å². The third-order valence-corrected chi connectivity index (χ3v) is 5.99. The van der Waals surface area contributed by atoms with Crippen molar-refractivity contribution in [1.82, 2.24) is 5.32 Å². The van der Waals surface area contributed by atoms with Crippen LogP contribution in [0.5, 0.6) is 0 Å². The van der Waals surface area contributed by atoms with E-state index >= 15 is 0 Å². The maximum Gasteiger partial charge on any atom is 0.203 e. The highest BCUT2D eigenvalue weighted by atomic mass is 79.9. The van der Waals surface area contributed by atoms with Gasteiger partial charge >= 0.3 is 0 Å². The average Bonchev–Trinajstić information content (AvgIpc) is 2.75. The lowest BCUT2D eigenvalue weighted by Gasteiger charge is -2.29. The third kappa shape index (κ3) is 4.52. The molecule has 0 amide bonds. The van der Waals surface area contributed by atoms with Gasteiger partial charge in [0.15, 0.2) is 5.43 Å². The second kappa shape index (κ2) is 9.62. The Morgan fingerprint density at radius 3 is 2.67 bits per heavy atom. The van der Waals surface area contributed by atoms with Crippen LogP contribution in [-0.4, -0.2) is 38.0 Å². The molecule has 1 aliphatic heterocycles. The molecule has 1 aliphatic rings. The lowest BCUT2D eigenvalue weighted by molar-refractivity contribution is 0.120. The highest BCUT2D eigenvalue weighted by Crippen LogP contribution is 2.30. The van der Waals surface area contributed by atoms with Crippen LogP contribution in [0.15, 0.2) is 50.8 Å². The van der Waals surface area contributed by atoms with Gasteiger partial charge in [0.2, 0.25) is 5.88 Å². The van der Waals surface area contributed by atoms with Crippen molar-refractivity contribution in [3.8, 4) is 0 Å². The van der Waals surface area contributed by atoms with Gasteiger partial charge in [0, 0.05) is 25.7 Å². The second-order valence-electron chi connectivity index (χ2n) is 7.39. The fourth-order valence-corrected chi connectivity index (χ4v) is 3.92. The lowest BCUT2D eigenvalue weighted by Crippen LogP contribution is -2.37. The Kier molecular flexibility index (Phi) is 7.15. The fraction of sp³-hybridized carbons (Fsp3) is 0.391. The van der Waals surface area contributed by atoms with Gasteiger partial charge in [-0.3, -0.25) is 9.79 Å². The summed E-state index contributed by atoms with van der Waals surface area (Å²) >= 11 is 3.47. The Labute approximate surface area is 185 Å². The van der Waals surface area contributed by atoms with Gasteiger partial charge in [-0.15, -0.1) is 0 Å². The highest BCUT2D eigenvalue weighted by Gasteiger charge is 2.22. The molecule has 1 aromatic carbocycles. The first-order valence-corrected chi connectivity index (χ1v) is 10.8. The van der Waals surface area contributed by atoms with Crippen LogP contribution in [0.4, 0.5) is 5.88 Å². The van der Waals surface area contributed by atoms with Crippen LogP contribution in [0.25, 0.3) is 11.0 Å². The number of allylic oxidation sites excluding steroid dienone is 3. The van der Waals surface area contributed by atoms with E-state index in [0.29, 0.717) is 53.3 Å². The van der Waals surface area contributed by atoms with Gasteiger partial charge in [-0.25, -0.2) is 0 Å². The van der Waals surface area contributed by atoms with Crippen molar-refractivity contribution in [2.24, 2.45) is 4.99 Å². The molecule has 1 unspecified atom stereocenters. The number of benzene rings is 1. The maximum atomic E-state index is 13.2. The quantitative estimate of drug-likeness (QED) is 0.497. The third-order valence-electron chi connectivity index (χ3n) is 5.21. The summed E-state index contributed by atoms with van der Waals surface area (Å²) in [6.07, 6.45) is 3.56. The molecule has 0 bridgehead atoms. The number of fused-ring (bicyclic) bond motifs is 1. The van der Waals surface area contributed by atoms with E-state index in [1.165, 1.54) is 0 Å². The van der Waals surface area contributed by atoms with Crippen molar-refractivity contribution < 1.29 is 9.15 Å². The van der Waals surface area contributed by atoms with Crippen LogP contribution < -0.4 is 15.6 Å². The molecule has 1 fully saturated rings. The summed E-state index contributed by atoms with van der Waals surface area (Å²) in [5.41, 5.74) is 3.98. The smallest absolute Gasteiger partial charge is 0.203 e. The van der Waals surface area contributed by atoms with E-state index in [9.17, 15) is 4.79 Å². The molecule has 0 spiro atoms. The van der Waals surface area contributed by atoms with Gasteiger partial charge in [-0.2, -0.15) is 0 Å². The average molecular weight is 474 g/mol. The van der Waals surface area contributed by atoms with Gasteiger partial charge < -0.3 is 19.4 Å². The molecule has 1 aromatic heterocycles. The molecule has 0 saturated carbocycles. The molecule has 2 aromatic rings. The molecule has 1 saturated heterocycles. The zero-order valence-electron chi connectivity index (χ0n) is 17.9. The Bertz CT molecular complexity index is 1070. The second-order valence-corrected chi connectivity index (χ2v) is 8.14. The van der Waals surface area contributed by atoms with E-state index in [1.807, 2.05) is 32.9 Å². The number of aliphatic imine (C=N–C) groups is 1. The predicted octanol–water partition coefficient (Wildman–Crippen LogP) is 4.39. The van der Waals surface area contributed by atoms with Crippen LogP contribution in [0.1, 0.15) is 29.7 Å². The van der Waals surface area contributed by atoms with Gasteiger partial charge in [0.1, 0.15) is 10.2 Å². The van der Waals surface area contributed by atoms with E-state index < -0.39 is 0 Å². The number of nitrogens with one attached hydrogen (secondary N) is 1. The van der Waals surface area contributed by atoms with Crippen molar-refractivity contribution in [3.63, 3.8) is 0 Å². The first kappa shape index (κ1) is 22.3. The zero-order chi connectivity index (χ0) is 21.8. The Hall–Kier alpha value is -2.38. The fourth-order valence-electron chi connectivity index (χ4n) is 3.67. The summed E-state index contributed by atoms with van der Waals surface area (Å²) in [5, 5.41) is 4.06. The summed E-state index contributed by atoms with van der Waals surface area (Å²) in [4.78, 5) is 19.5. The van der Waals surface area contributed by atoms with E-state index in [-0.39, 0.29) is 11.5 Å². The molecular formula is C23H28BrN3O3. The molecule has 160 valence electrons. The minimum atomic E-state index is -0.128. The lowest BCUT2D eigenvalue weighted by atomic mass is 10.00. The summed E-state index contributed by atoms with van der Waals surface area (Å²) in [5.74, 6) is 0.631. The van der Waals surface area contributed by atoms with Gasteiger partial charge in [0.25, 0.3) is 0 Å². The summed E-state index contributed by atoms with van der Waals surface area (Å²) in [7, 11) is 1.71. The van der Waals surface area contributed by atoms with Crippen molar-refractivity contribution in [1.29, 1.82) is 0 Å². The van der Waals surface area contributed by atoms with Crippen LogP contribution >= 0.6 is 15.9 Å². The number of halogens is 1.